The molecule has 0 aliphatic carbocycles. The summed E-state index contributed by atoms with van der Waals surface area (Å²) in [5, 5.41) is 0. The summed E-state index contributed by atoms with van der Waals surface area (Å²) in [5.74, 6) is -0.417. The molecule has 0 aromatic heterocycles. The van der Waals surface area contributed by atoms with E-state index < -0.39 is 6.10 Å². The summed E-state index contributed by atoms with van der Waals surface area (Å²) in [4.78, 5) is 25.6. The standard InChI is InChI=1S/C69H118O5/c1-4-7-10-13-16-19-22-25-28-31-34-37-40-43-46-49-52-55-58-61-64-72-65-67(74-69(71)63-60-57-54-51-48-45-42-39-36-33-30-27-24-21-18-15-12-9-6-3)66-73-68(70)62-59-56-53-50-47-44-41-38-35-32-29-26-23-20-17-14-11-8-5-2/h7-8,10-11,16-17,19-20,25-30,34-35,37-38,67H,4-6,9,12-15,18,21-24,31-33,36,39-66H2,1-3H3/b10-7-,11-8-,19-16-,20-17-,28-25-,29-26-,30-27-,37-34-,38-35-. The fourth-order valence-corrected chi connectivity index (χ4v) is 8.66. The predicted octanol–water partition coefficient (Wildman–Crippen LogP) is 21.9. The highest BCUT2D eigenvalue weighted by atomic mass is 16.6. The Bertz CT molecular complexity index is 1440. The number of hydrogen-bond donors (Lipinski definition) is 0. The van der Waals surface area contributed by atoms with Crippen LogP contribution in [0.15, 0.2) is 109 Å². The molecule has 74 heavy (non-hydrogen) atoms. The van der Waals surface area contributed by atoms with Gasteiger partial charge in [0.2, 0.25) is 0 Å². The molecule has 0 aliphatic rings. The summed E-state index contributed by atoms with van der Waals surface area (Å²) >= 11 is 0. The Morgan fingerprint density at radius 1 is 0.311 bits per heavy atom. The van der Waals surface area contributed by atoms with E-state index in [4.69, 9.17) is 14.2 Å². The van der Waals surface area contributed by atoms with Crippen molar-refractivity contribution >= 4 is 11.9 Å². The molecular weight excluding hydrogens is 909 g/mol. The Labute approximate surface area is 459 Å². The molecular formula is C69H118O5. The predicted molar refractivity (Wildman–Crippen MR) is 325 cm³/mol. The van der Waals surface area contributed by atoms with E-state index in [1.54, 1.807) is 0 Å². The number of rotatable bonds is 57. The van der Waals surface area contributed by atoms with Crippen LogP contribution in [0.4, 0.5) is 0 Å². The van der Waals surface area contributed by atoms with Gasteiger partial charge in [0.25, 0.3) is 0 Å². The lowest BCUT2D eigenvalue weighted by molar-refractivity contribution is -0.163. The lowest BCUT2D eigenvalue weighted by atomic mass is 10.1. The van der Waals surface area contributed by atoms with Crippen LogP contribution in [0.1, 0.15) is 290 Å². The zero-order valence-corrected chi connectivity index (χ0v) is 48.8. The van der Waals surface area contributed by atoms with E-state index in [0.717, 1.165) is 109 Å². The molecule has 1 unspecified atom stereocenters. The van der Waals surface area contributed by atoms with E-state index in [1.807, 2.05) is 0 Å². The van der Waals surface area contributed by atoms with Gasteiger partial charge in [-0.05, 0) is 122 Å². The highest BCUT2D eigenvalue weighted by molar-refractivity contribution is 5.70. The number of esters is 2. The van der Waals surface area contributed by atoms with Crippen molar-refractivity contribution < 1.29 is 23.8 Å². The van der Waals surface area contributed by atoms with Gasteiger partial charge in [-0.25, -0.2) is 0 Å². The Balaban J connectivity index is 4.35. The van der Waals surface area contributed by atoms with Crippen molar-refractivity contribution in [3.63, 3.8) is 0 Å². The minimum absolute atomic E-state index is 0.0677. The van der Waals surface area contributed by atoms with Crippen molar-refractivity contribution in [1.82, 2.24) is 0 Å². The third-order valence-corrected chi connectivity index (χ3v) is 13.3. The molecule has 0 bridgehead atoms. The van der Waals surface area contributed by atoms with E-state index in [-0.39, 0.29) is 25.2 Å². The van der Waals surface area contributed by atoms with Gasteiger partial charge >= 0.3 is 11.9 Å². The highest BCUT2D eigenvalue weighted by Gasteiger charge is 2.17. The van der Waals surface area contributed by atoms with Crippen LogP contribution in [0.3, 0.4) is 0 Å². The van der Waals surface area contributed by atoms with Gasteiger partial charge in [-0.2, -0.15) is 0 Å². The normalized spacial score (nSPS) is 13.0. The van der Waals surface area contributed by atoms with Gasteiger partial charge in [0.15, 0.2) is 6.10 Å². The Morgan fingerprint density at radius 3 is 0.986 bits per heavy atom. The van der Waals surface area contributed by atoms with Gasteiger partial charge in [0.05, 0.1) is 6.61 Å². The zero-order chi connectivity index (χ0) is 53.4. The number of allylic oxidation sites excluding steroid dienone is 18. The maximum absolute atomic E-state index is 12.9. The van der Waals surface area contributed by atoms with Crippen LogP contribution in [-0.2, 0) is 23.8 Å². The van der Waals surface area contributed by atoms with Crippen molar-refractivity contribution in [2.45, 2.75) is 297 Å². The lowest BCUT2D eigenvalue weighted by Gasteiger charge is -2.18. The summed E-state index contributed by atoms with van der Waals surface area (Å²) < 4.78 is 17.5. The van der Waals surface area contributed by atoms with Crippen LogP contribution in [0.25, 0.3) is 0 Å². The average molecular weight is 1030 g/mol. The van der Waals surface area contributed by atoms with Gasteiger partial charge in [-0.3, -0.25) is 9.59 Å². The molecule has 0 N–H and O–H groups in total. The second-order valence-electron chi connectivity index (χ2n) is 20.5. The largest absolute Gasteiger partial charge is 0.462 e. The monoisotopic (exact) mass is 1030 g/mol. The van der Waals surface area contributed by atoms with Crippen molar-refractivity contribution in [2.24, 2.45) is 0 Å². The molecule has 0 fully saturated rings. The summed E-state index contributed by atoms with van der Waals surface area (Å²) in [7, 11) is 0. The second kappa shape index (κ2) is 63.8. The average Bonchev–Trinajstić information content (AvgIpc) is 3.40. The number of unbranched alkanes of at least 4 members (excludes halogenated alkanes) is 28. The van der Waals surface area contributed by atoms with Crippen LogP contribution in [0, 0.1) is 0 Å². The Hall–Kier alpha value is -3.44. The van der Waals surface area contributed by atoms with Gasteiger partial charge in [-0.1, -0.05) is 265 Å². The molecule has 0 aromatic rings. The molecule has 5 nitrogen and oxygen atoms in total. The smallest absolute Gasteiger partial charge is 0.306 e. The van der Waals surface area contributed by atoms with E-state index >= 15 is 0 Å². The molecule has 0 amide bonds. The second-order valence-corrected chi connectivity index (χ2v) is 20.5. The van der Waals surface area contributed by atoms with Crippen LogP contribution < -0.4 is 0 Å². The van der Waals surface area contributed by atoms with Crippen molar-refractivity contribution in [2.75, 3.05) is 19.8 Å². The minimum Gasteiger partial charge on any atom is -0.462 e. The van der Waals surface area contributed by atoms with Crippen LogP contribution >= 0.6 is 0 Å². The third kappa shape index (κ3) is 61.1. The van der Waals surface area contributed by atoms with Gasteiger partial charge in [-0.15, -0.1) is 0 Å². The number of carbonyl (C=O) groups is 2. The quantitative estimate of drug-likeness (QED) is 0.0345. The van der Waals surface area contributed by atoms with Crippen LogP contribution in [-0.4, -0.2) is 37.9 Å². The molecule has 0 aromatic carbocycles. The Kier molecular flexibility index (Phi) is 60.9. The van der Waals surface area contributed by atoms with Crippen molar-refractivity contribution in [3.05, 3.63) is 109 Å². The van der Waals surface area contributed by atoms with E-state index in [1.165, 1.54) is 148 Å². The lowest BCUT2D eigenvalue weighted by Crippen LogP contribution is -2.30. The Morgan fingerprint density at radius 2 is 0.608 bits per heavy atom. The van der Waals surface area contributed by atoms with Crippen molar-refractivity contribution in [1.29, 1.82) is 0 Å². The first kappa shape index (κ1) is 70.6. The summed E-state index contributed by atoms with van der Waals surface area (Å²) in [5.41, 5.74) is 0. The van der Waals surface area contributed by atoms with Crippen LogP contribution in [0.2, 0.25) is 0 Å². The van der Waals surface area contributed by atoms with E-state index in [9.17, 15) is 9.59 Å². The maximum Gasteiger partial charge on any atom is 0.306 e. The topological polar surface area (TPSA) is 61.8 Å². The fraction of sp³-hybridized carbons (Fsp3) is 0.710. The molecule has 424 valence electrons. The summed E-state index contributed by atoms with van der Waals surface area (Å²) in [6.07, 6.45) is 88.3. The molecule has 0 saturated carbocycles. The van der Waals surface area contributed by atoms with Gasteiger partial charge in [0.1, 0.15) is 6.61 Å². The number of ether oxygens (including phenoxy) is 3. The van der Waals surface area contributed by atoms with Crippen molar-refractivity contribution in [3.8, 4) is 0 Å². The summed E-state index contributed by atoms with van der Waals surface area (Å²) in [6.45, 7) is 7.58. The first-order valence-corrected chi connectivity index (χ1v) is 31.4. The highest BCUT2D eigenvalue weighted by Crippen LogP contribution is 2.15. The minimum atomic E-state index is -0.558. The van der Waals surface area contributed by atoms with E-state index in [2.05, 4.69) is 130 Å². The third-order valence-electron chi connectivity index (χ3n) is 13.3. The SMILES string of the molecule is CC/C=C\C/C=C\C/C=C\C/C=C\CCCCCCCCCOCC(COC(=O)CCCCCCCC/C=C\C/C=C\C/C=C\C/C=C\CC)OC(=O)CCCCCCCCCCC/C=C\CCCCCCCC. The molecule has 0 saturated heterocycles. The zero-order valence-electron chi connectivity index (χ0n) is 48.8. The molecule has 1 atom stereocenters. The first-order valence-electron chi connectivity index (χ1n) is 31.4. The molecule has 0 spiro atoms. The molecule has 0 aliphatic heterocycles. The van der Waals surface area contributed by atoms with E-state index in [0.29, 0.717) is 19.4 Å². The van der Waals surface area contributed by atoms with Gasteiger partial charge in [0, 0.05) is 19.4 Å². The van der Waals surface area contributed by atoms with Crippen LogP contribution in [0.5, 0.6) is 0 Å². The molecule has 0 rings (SSSR count). The number of carbonyl (C=O) groups excluding carboxylic acids is 2. The first-order chi connectivity index (χ1) is 36.6. The van der Waals surface area contributed by atoms with Gasteiger partial charge < -0.3 is 14.2 Å². The summed E-state index contributed by atoms with van der Waals surface area (Å²) in [6, 6.07) is 0. The molecule has 0 radical (unpaired) electrons. The maximum atomic E-state index is 12.9. The fourth-order valence-electron chi connectivity index (χ4n) is 8.66. The molecule has 0 heterocycles. The molecule has 5 heteroatoms. The number of hydrogen-bond acceptors (Lipinski definition) is 5.